The lowest BCUT2D eigenvalue weighted by Gasteiger charge is -1.79. The first-order chi connectivity index (χ1) is 4.91. The van der Waals surface area contributed by atoms with Crippen molar-refractivity contribution in [1.82, 2.24) is 0 Å². The number of carboxylic acids is 1. The van der Waals surface area contributed by atoms with Crippen LogP contribution in [-0.2, 0) is 4.79 Å². The summed E-state index contributed by atoms with van der Waals surface area (Å²) >= 11 is 0. The average Bonchev–Trinajstić information content (AvgIpc) is 1.89. The molecular weight excluding hydrogens is 142 g/mol. The molecule has 0 fully saturated rings. The maximum atomic E-state index is 9.60. The van der Waals surface area contributed by atoms with E-state index < -0.39 is 5.97 Å². The van der Waals surface area contributed by atoms with Gasteiger partial charge >= 0.3 is 5.97 Å². The van der Waals surface area contributed by atoms with E-state index in [1.54, 1.807) is 6.92 Å². The molecule has 3 heteroatoms. The minimum Gasteiger partial charge on any atom is -0.478 e. The standard InChI is InChI=1S/C4H5N.C4H6O2/c1-4(2)3-5;1-3(2)4(5)6/h1H2,2H3;1H2,2H3,(H,5,6). The van der Waals surface area contributed by atoms with Crippen LogP contribution in [0.4, 0.5) is 0 Å². The van der Waals surface area contributed by atoms with Crippen LogP contribution in [0, 0.1) is 11.3 Å². The maximum absolute atomic E-state index is 9.60. The van der Waals surface area contributed by atoms with Gasteiger partial charge in [0.05, 0.1) is 6.07 Å². The summed E-state index contributed by atoms with van der Waals surface area (Å²) in [5.74, 6) is -0.935. The Kier molecular flexibility index (Phi) is 7.24. The van der Waals surface area contributed by atoms with Gasteiger partial charge in [0.1, 0.15) is 0 Å². The Morgan fingerprint density at radius 2 is 1.64 bits per heavy atom. The third-order valence-corrected chi connectivity index (χ3v) is 0.556. The van der Waals surface area contributed by atoms with E-state index in [1.165, 1.54) is 6.92 Å². The van der Waals surface area contributed by atoms with Crippen molar-refractivity contribution in [3.05, 3.63) is 24.3 Å². The van der Waals surface area contributed by atoms with Crippen molar-refractivity contribution in [2.75, 3.05) is 0 Å². The van der Waals surface area contributed by atoms with Gasteiger partial charge in [0, 0.05) is 11.1 Å². The summed E-state index contributed by atoms with van der Waals surface area (Å²) in [5.41, 5.74) is 0.736. The van der Waals surface area contributed by atoms with Gasteiger partial charge in [-0.3, -0.25) is 0 Å². The molecule has 0 aromatic rings. The molecule has 0 aromatic carbocycles. The summed E-state index contributed by atoms with van der Waals surface area (Å²) in [7, 11) is 0. The number of carbonyl (C=O) groups is 1. The zero-order valence-electron chi connectivity index (χ0n) is 6.72. The lowest BCUT2D eigenvalue weighted by atomic mass is 10.4. The van der Waals surface area contributed by atoms with Gasteiger partial charge in [-0.05, 0) is 13.8 Å². The molecule has 1 N–H and O–H groups in total. The first kappa shape index (κ1) is 12.1. The minimum atomic E-state index is -0.935. The molecule has 0 saturated heterocycles. The Morgan fingerprint density at radius 3 is 1.64 bits per heavy atom. The van der Waals surface area contributed by atoms with Crippen molar-refractivity contribution in [2.24, 2.45) is 0 Å². The number of hydrogen-bond acceptors (Lipinski definition) is 2. The summed E-state index contributed by atoms with van der Waals surface area (Å²) in [6.07, 6.45) is 0. The largest absolute Gasteiger partial charge is 0.478 e. The van der Waals surface area contributed by atoms with E-state index in [9.17, 15) is 4.79 Å². The predicted octanol–water partition coefficient (Wildman–Crippen LogP) is 1.73. The molecular formula is C8H11NO2. The summed E-state index contributed by atoms with van der Waals surface area (Å²) in [4.78, 5) is 9.60. The van der Waals surface area contributed by atoms with Crippen LogP contribution in [0.15, 0.2) is 24.3 Å². The zero-order chi connectivity index (χ0) is 9.44. The van der Waals surface area contributed by atoms with Crippen molar-refractivity contribution in [3.8, 4) is 6.07 Å². The number of rotatable bonds is 1. The van der Waals surface area contributed by atoms with E-state index in [0.717, 1.165) is 0 Å². The fourth-order valence-electron chi connectivity index (χ4n) is 0. The highest BCUT2D eigenvalue weighted by molar-refractivity contribution is 5.84. The summed E-state index contributed by atoms with van der Waals surface area (Å²) in [5, 5.41) is 15.7. The molecule has 0 radical (unpaired) electrons. The third-order valence-electron chi connectivity index (χ3n) is 0.556. The normalized spacial score (nSPS) is 6.64. The minimum absolute atomic E-state index is 0.176. The number of carboxylic acid groups (broad SMARTS) is 1. The molecule has 60 valence electrons. The summed E-state index contributed by atoms with van der Waals surface area (Å²) in [6, 6.07) is 1.83. The van der Waals surface area contributed by atoms with Crippen molar-refractivity contribution in [3.63, 3.8) is 0 Å². The van der Waals surface area contributed by atoms with Crippen molar-refractivity contribution in [1.29, 1.82) is 5.26 Å². The van der Waals surface area contributed by atoms with Crippen LogP contribution in [0.3, 0.4) is 0 Å². The molecule has 0 saturated carbocycles. The van der Waals surface area contributed by atoms with Crippen LogP contribution >= 0.6 is 0 Å². The fraction of sp³-hybridized carbons (Fsp3) is 0.250. The molecule has 0 atom stereocenters. The number of hydrogen-bond donors (Lipinski definition) is 1. The number of nitrogens with zero attached hydrogens (tertiary/aromatic N) is 1. The van der Waals surface area contributed by atoms with Crippen LogP contribution in [0.5, 0.6) is 0 Å². The molecule has 0 heterocycles. The Balaban J connectivity index is 0. The second-order valence-electron chi connectivity index (χ2n) is 1.98. The summed E-state index contributed by atoms with van der Waals surface area (Å²) < 4.78 is 0. The van der Waals surface area contributed by atoms with Gasteiger partial charge in [0.15, 0.2) is 0 Å². The van der Waals surface area contributed by atoms with Gasteiger partial charge in [0.25, 0.3) is 0 Å². The van der Waals surface area contributed by atoms with Crippen LogP contribution in [0.1, 0.15) is 13.8 Å². The monoisotopic (exact) mass is 153 g/mol. The zero-order valence-corrected chi connectivity index (χ0v) is 6.72. The highest BCUT2D eigenvalue weighted by Gasteiger charge is 1.90. The van der Waals surface area contributed by atoms with Gasteiger partial charge in [-0.15, -0.1) is 0 Å². The van der Waals surface area contributed by atoms with Crippen LogP contribution in [-0.4, -0.2) is 11.1 Å². The molecule has 0 aliphatic heterocycles. The van der Waals surface area contributed by atoms with Crippen molar-refractivity contribution < 1.29 is 9.90 Å². The van der Waals surface area contributed by atoms with Crippen LogP contribution in [0.25, 0.3) is 0 Å². The topological polar surface area (TPSA) is 61.1 Å². The smallest absolute Gasteiger partial charge is 0.330 e. The Labute approximate surface area is 66.3 Å². The second-order valence-corrected chi connectivity index (χ2v) is 1.98. The van der Waals surface area contributed by atoms with E-state index in [4.69, 9.17) is 10.4 Å². The molecule has 0 amide bonds. The quantitative estimate of drug-likeness (QED) is 0.461. The van der Waals surface area contributed by atoms with Gasteiger partial charge in [-0.2, -0.15) is 5.26 Å². The Morgan fingerprint density at radius 1 is 1.45 bits per heavy atom. The highest BCUT2D eigenvalue weighted by Crippen LogP contribution is 1.81. The van der Waals surface area contributed by atoms with Crippen molar-refractivity contribution >= 4 is 5.97 Å². The van der Waals surface area contributed by atoms with Gasteiger partial charge < -0.3 is 5.11 Å². The summed E-state index contributed by atoms with van der Waals surface area (Å²) in [6.45, 7) is 9.58. The van der Waals surface area contributed by atoms with Gasteiger partial charge in [0.2, 0.25) is 0 Å². The van der Waals surface area contributed by atoms with E-state index in [0.29, 0.717) is 5.57 Å². The molecule has 0 aromatic heterocycles. The first-order valence-electron chi connectivity index (χ1n) is 2.86. The molecule has 3 nitrogen and oxygen atoms in total. The molecule has 0 aliphatic carbocycles. The van der Waals surface area contributed by atoms with Gasteiger partial charge in [-0.25, -0.2) is 4.79 Å². The predicted molar refractivity (Wildman–Crippen MR) is 42.9 cm³/mol. The first-order valence-corrected chi connectivity index (χ1v) is 2.86. The molecule has 0 bridgehead atoms. The molecule has 0 aliphatic rings. The van der Waals surface area contributed by atoms with E-state index in [1.807, 2.05) is 6.07 Å². The van der Waals surface area contributed by atoms with Gasteiger partial charge in [-0.1, -0.05) is 13.2 Å². The molecule has 0 spiro atoms. The SMILES string of the molecule is C=C(C)C#N.C=C(C)C(=O)O. The lowest BCUT2D eigenvalue weighted by Crippen LogP contribution is -1.92. The Hall–Kier alpha value is -1.56. The number of allylic oxidation sites excluding steroid dienone is 1. The van der Waals surface area contributed by atoms with E-state index >= 15 is 0 Å². The van der Waals surface area contributed by atoms with Crippen molar-refractivity contribution in [2.45, 2.75) is 13.8 Å². The maximum Gasteiger partial charge on any atom is 0.330 e. The third kappa shape index (κ3) is 17.8. The highest BCUT2D eigenvalue weighted by atomic mass is 16.4. The number of aliphatic carboxylic acids is 1. The molecule has 11 heavy (non-hydrogen) atoms. The second kappa shape index (κ2) is 6.56. The number of nitriles is 1. The van der Waals surface area contributed by atoms with E-state index in [2.05, 4.69) is 13.2 Å². The lowest BCUT2D eigenvalue weighted by molar-refractivity contribution is -0.132. The van der Waals surface area contributed by atoms with E-state index in [-0.39, 0.29) is 5.57 Å². The molecule has 0 unspecified atom stereocenters. The Bertz CT molecular complexity index is 199. The van der Waals surface area contributed by atoms with Crippen LogP contribution in [0.2, 0.25) is 0 Å². The average molecular weight is 153 g/mol. The molecule has 0 rings (SSSR count). The van der Waals surface area contributed by atoms with Crippen LogP contribution < -0.4 is 0 Å². The fourth-order valence-corrected chi connectivity index (χ4v) is 0.